The van der Waals surface area contributed by atoms with Gasteiger partial charge in [-0.2, -0.15) is 0 Å². The van der Waals surface area contributed by atoms with E-state index in [0.29, 0.717) is 25.7 Å². The van der Waals surface area contributed by atoms with E-state index < -0.39 is 18.1 Å². The van der Waals surface area contributed by atoms with E-state index in [4.69, 9.17) is 9.84 Å². The Balaban J connectivity index is 1.81. The van der Waals surface area contributed by atoms with Crippen LogP contribution in [0.15, 0.2) is 30.3 Å². The minimum atomic E-state index is -0.821. The van der Waals surface area contributed by atoms with Crippen LogP contribution in [0.3, 0.4) is 0 Å². The van der Waals surface area contributed by atoms with Crippen LogP contribution in [0.25, 0.3) is 0 Å². The Morgan fingerprint density at radius 1 is 1.07 bits per heavy atom. The van der Waals surface area contributed by atoms with Crippen LogP contribution >= 0.6 is 0 Å². The normalized spacial score (nSPS) is 15.0. The monoisotopic (exact) mass is 390 g/mol. The van der Waals surface area contributed by atoms with Crippen molar-refractivity contribution >= 4 is 18.0 Å². The number of unbranched alkanes of at least 4 members (excludes halogenated alkanes) is 2. The molecule has 2 amide bonds. The van der Waals surface area contributed by atoms with Crippen LogP contribution in [-0.4, -0.2) is 35.2 Å². The maximum Gasteiger partial charge on any atom is 0.408 e. The summed E-state index contributed by atoms with van der Waals surface area (Å²) in [4.78, 5) is 35.4. The van der Waals surface area contributed by atoms with Gasteiger partial charge in [0.2, 0.25) is 5.91 Å². The zero-order chi connectivity index (χ0) is 20.2. The summed E-state index contributed by atoms with van der Waals surface area (Å²) in [7, 11) is 0. The maximum absolute atomic E-state index is 12.6. The summed E-state index contributed by atoms with van der Waals surface area (Å²) < 4.78 is 5.23. The van der Waals surface area contributed by atoms with Gasteiger partial charge < -0.3 is 20.5 Å². The van der Waals surface area contributed by atoms with Crippen molar-refractivity contribution in [3.05, 3.63) is 35.9 Å². The van der Waals surface area contributed by atoms with Gasteiger partial charge >= 0.3 is 12.1 Å². The van der Waals surface area contributed by atoms with Gasteiger partial charge in [0.25, 0.3) is 0 Å². The summed E-state index contributed by atoms with van der Waals surface area (Å²) in [5.74, 6) is -1.01. The quantitative estimate of drug-likeness (QED) is 0.503. The van der Waals surface area contributed by atoms with Crippen LogP contribution in [0.2, 0.25) is 0 Å². The first-order valence-electron chi connectivity index (χ1n) is 10.0. The van der Waals surface area contributed by atoms with E-state index >= 15 is 0 Å². The van der Waals surface area contributed by atoms with E-state index in [9.17, 15) is 14.4 Å². The van der Waals surface area contributed by atoms with Crippen molar-refractivity contribution < 1.29 is 24.2 Å². The smallest absolute Gasteiger partial charge is 0.408 e. The summed E-state index contributed by atoms with van der Waals surface area (Å²) in [6.45, 7) is 0.141. The fraction of sp³-hybridized carbons (Fsp3) is 0.571. The Kier molecular flexibility index (Phi) is 9.31. The van der Waals surface area contributed by atoms with Gasteiger partial charge in [-0.3, -0.25) is 9.59 Å². The second kappa shape index (κ2) is 12.0. The SMILES string of the molecule is O=C(O)CCCCC[C@H](NC(=O)OCc1ccccc1)C(=O)NC1CCCC1. The fourth-order valence-corrected chi connectivity index (χ4v) is 3.35. The predicted octanol–water partition coefficient (Wildman–Crippen LogP) is 3.38. The number of nitrogens with one attached hydrogen (secondary N) is 2. The number of alkyl carbamates (subject to hydrolysis) is 1. The zero-order valence-electron chi connectivity index (χ0n) is 16.2. The molecule has 1 aliphatic carbocycles. The number of carboxylic acids is 1. The lowest BCUT2D eigenvalue weighted by Gasteiger charge is -2.21. The maximum atomic E-state index is 12.6. The van der Waals surface area contributed by atoms with Crippen LogP contribution in [0.5, 0.6) is 0 Å². The first-order chi connectivity index (χ1) is 13.5. The van der Waals surface area contributed by atoms with Crippen molar-refractivity contribution in [1.29, 1.82) is 0 Å². The van der Waals surface area contributed by atoms with Crippen LogP contribution in [0.4, 0.5) is 4.79 Å². The molecule has 154 valence electrons. The van der Waals surface area contributed by atoms with Crippen LogP contribution < -0.4 is 10.6 Å². The summed E-state index contributed by atoms with van der Waals surface area (Å²) in [5, 5.41) is 14.4. The molecule has 7 heteroatoms. The van der Waals surface area contributed by atoms with E-state index in [1.807, 2.05) is 30.3 Å². The van der Waals surface area contributed by atoms with Gasteiger partial charge in [-0.1, -0.05) is 56.0 Å². The number of carbonyl (C=O) groups excluding carboxylic acids is 2. The topological polar surface area (TPSA) is 105 Å². The molecule has 2 rings (SSSR count). The number of carboxylic acid groups (broad SMARTS) is 1. The van der Waals surface area contributed by atoms with E-state index in [2.05, 4.69) is 10.6 Å². The van der Waals surface area contributed by atoms with Gasteiger partial charge in [0, 0.05) is 12.5 Å². The van der Waals surface area contributed by atoms with E-state index in [-0.39, 0.29) is 25.0 Å². The van der Waals surface area contributed by atoms with Crippen molar-refractivity contribution in [3.8, 4) is 0 Å². The van der Waals surface area contributed by atoms with Crippen LogP contribution in [0.1, 0.15) is 63.4 Å². The van der Waals surface area contributed by atoms with Gasteiger partial charge in [0.1, 0.15) is 12.6 Å². The molecular weight excluding hydrogens is 360 g/mol. The third-order valence-electron chi connectivity index (χ3n) is 4.91. The molecule has 0 saturated heterocycles. The molecule has 1 aromatic carbocycles. The summed E-state index contributed by atoms with van der Waals surface area (Å²) in [6, 6.07) is 8.84. The van der Waals surface area contributed by atoms with Crippen molar-refractivity contribution in [2.45, 2.75) is 76.5 Å². The Bertz CT molecular complexity index is 629. The number of aliphatic carboxylic acids is 1. The molecule has 1 aromatic rings. The highest BCUT2D eigenvalue weighted by atomic mass is 16.5. The molecule has 0 spiro atoms. The molecule has 0 radical (unpaired) electrons. The minimum absolute atomic E-state index is 0.117. The summed E-state index contributed by atoms with van der Waals surface area (Å²) in [5.41, 5.74) is 0.873. The second-order valence-electron chi connectivity index (χ2n) is 7.24. The second-order valence-corrected chi connectivity index (χ2v) is 7.24. The lowest BCUT2D eigenvalue weighted by molar-refractivity contribution is -0.137. The zero-order valence-corrected chi connectivity index (χ0v) is 16.2. The predicted molar refractivity (Wildman–Crippen MR) is 105 cm³/mol. The molecule has 28 heavy (non-hydrogen) atoms. The molecule has 0 aromatic heterocycles. The molecule has 1 aliphatic rings. The summed E-state index contributed by atoms with van der Waals surface area (Å²) in [6.07, 6.45) is 6.02. The largest absolute Gasteiger partial charge is 0.481 e. The number of ether oxygens (including phenoxy) is 1. The lowest BCUT2D eigenvalue weighted by Crippen LogP contribution is -2.49. The molecule has 0 aliphatic heterocycles. The highest BCUT2D eigenvalue weighted by Crippen LogP contribution is 2.18. The molecule has 1 fully saturated rings. The third-order valence-corrected chi connectivity index (χ3v) is 4.91. The van der Waals surface area contributed by atoms with Crippen molar-refractivity contribution in [3.63, 3.8) is 0 Å². The molecule has 1 saturated carbocycles. The molecule has 1 atom stereocenters. The Hall–Kier alpha value is -2.57. The van der Waals surface area contributed by atoms with Gasteiger partial charge in [-0.05, 0) is 31.2 Å². The van der Waals surface area contributed by atoms with Crippen molar-refractivity contribution in [2.24, 2.45) is 0 Å². The molecule has 0 heterocycles. The lowest BCUT2D eigenvalue weighted by atomic mass is 10.1. The first kappa shape index (κ1) is 21.7. The van der Waals surface area contributed by atoms with Crippen molar-refractivity contribution in [2.75, 3.05) is 0 Å². The average molecular weight is 390 g/mol. The molecule has 0 unspecified atom stereocenters. The molecule has 3 N–H and O–H groups in total. The van der Waals surface area contributed by atoms with Gasteiger partial charge in [0.05, 0.1) is 0 Å². The number of benzene rings is 1. The number of carbonyl (C=O) groups is 3. The highest BCUT2D eigenvalue weighted by Gasteiger charge is 2.25. The number of hydrogen-bond donors (Lipinski definition) is 3. The van der Waals surface area contributed by atoms with E-state index in [1.165, 1.54) is 0 Å². The van der Waals surface area contributed by atoms with Crippen molar-refractivity contribution in [1.82, 2.24) is 10.6 Å². The molecule has 7 nitrogen and oxygen atoms in total. The first-order valence-corrected chi connectivity index (χ1v) is 10.0. The van der Waals surface area contributed by atoms with Crippen LogP contribution in [0, 0.1) is 0 Å². The number of rotatable bonds is 11. The fourth-order valence-electron chi connectivity index (χ4n) is 3.35. The minimum Gasteiger partial charge on any atom is -0.481 e. The third kappa shape index (κ3) is 8.41. The van der Waals surface area contributed by atoms with Gasteiger partial charge in [-0.25, -0.2) is 4.79 Å². The van der Waals surface area contributed by atoms with Gasteiger partial charge in [0.15, 0.2) is 0 Å². The summed E-state index contributed by atoms with van der Waals surface area (Å²) >= 11 is 0. The standard InChI is InChI=1S/C21H30N2O5/c24-19(25)14-6-2-5-13-18(20(26)22-17-11-7-8-12-17)23-21(27)28-15-16-9-3-1-4-10-16/h1,3-4,9-10,17-18H,2,5-8,11-15H2,(H,22,26)(H,23,27)(H,24,25)/t18-/m0/s1. The Labute approximate surface area is 165 Å². The average Bonchev–Trinajstić information content (AvgIpc) is 3.18. The highest BCUT2D eigenvalue weighted by molar-refractivity contribution is 5.85. The molecule has 0 bridgehead atoms. The molecular formula is C21H30N2O5. The van der Waals surface area contributed by atoms with Crippen LogP contribution in [-0.2, 0) is 20.9 Å². The van der Waals surface area contributed by atoms with E-state index in [0.717, 1.165) is 31.2 Å². The Morgan fingerprint density at radius 3 is 2.46 bits per heavy atom. The van der Waals surface area contributed by atoms with Gasteiger partial charge in [-0.15, -0.1) is 0 Å². The number of amides is 2. The number of hydrogen-bond acceptors (Lipinski definition) is 4. The van der Waals surface area contributed by atoms with E-state index in [1.54, 1.807) is 0 Å². The Morgan fingerprint density at radius 2 is 1.79 bits per heavy atom.